The third-order valence-electron chi connectivity index (χ3n) is 3.55. The summed E-state index contributed by atoms with van der Waals surface area (Å²) in [5, 5.41) is 13.5. The quantitative estimate of drug-likeness (QED) is 0.740. The van der Waals surface area contributed by atoms with Crippen LogP contribution in [0.4, 0.5) is 0 Å². The van der Waals surface area contributed by atoms with Crippen molar-refractivity contribution in [1.29, 1.82) is 0 Å². The van der Waals surface area contributed by atoms with Crippen molar-refractivity contribution in [3.8, 4) is 11.3 Å². The maximum Gasteiger partial charge on any atom is 0.274 e. The van der Waals surface area contributed by atoms with Crippen LogP contribution < -0.4 is 5.32 Å². The highest BCUT2D eigenvalue weighted by Gasteiger charge is 2.28. The lowest BCUT2D eigenvalue weighted by Gasteiger charge is -2.20. The van der Waals surface area contributed by atoms with E-state index >= 15 is 0 Å². The van der Waals surface area contributed by atoms with Gasteiger partial charge in [-0.1, -0.05) is 23.7 Å². The number of benzene rings is 1. The van der Waals surface area contributed by atoms with E-state index in [2.05, 4.69) is 10.3 Å². The maximum atomic E-state index is 12.4. The predicted octanol–water partition coefficient (Wildman–Crippen LogP) is 3.23. The molecule has 0 bridgehead atoms. The third-order valence-corrected chi connectivity index (χ3v) is 3.88. The molecule has 1 aromatic carbocycles. The van der Waals surface area contributed by atoms with E-state index in [1.165, 1.54) is 12.7 Å². The first-order valence-electron chi connectivity index (χ1n) is 7.22. The van der Waals surface area contributed by atoms with Crippen LogP contribution >= 0.6 is 11.6 Å². The number of nitrogens with zero attached hydrogens (tertiary/aromatic N) is 1. The van der Waals surface area contributed by atoms with E-state index in [0.717, 1.165) is 0 Å². The number of carbonyl (C=O) groups excluding carboxylic acids is 1. The second kappa shape index (κ2) is 6.51. The highest BCUT2D eigenvalue weighted by atomic mass is 35.5. The average molecular weight is 347 g/mol. The van der Waals surface area contributed by atoms with Crippen LogP contribution in [0.15, 0.2) is 57.9 Å². The molecule has 24 heavy (non-hydrogen) atoms. The summed E-state index contributed by atoms with van der Waals surface area (Å²) >= 11 is 6.14. The highest BCUT2D eigenvalue weighted by Crippen LogP contribution is 2.30. The number of hydrogen-bond acceptors (Lipinski definition) is 5. The van der Waals surface area contributed by atoms with Crippen molar-refractivity contribution < 1.29 is 18.7 Å². The molecule has 3 rings (SSSR count). The summed E-state index contributed by atoms with van der Waals surface area (Å²) < 4.78 is 10.5. The molecule has 0 saturated carbocycles. The Kier molecular flexibility index (Phi) is 4.42. The summed E-state index contributed by atoms with van der Waals surface area (Å²) in [6, 6.07) is 10.3. The first kappa shape index (κ1) is 16.3. The number of halogens is 1. The molecule has 3 aromatic rings. The van der Waals surface area contributed by atoms with Gasteiger partial charge in [0.25, 0.3) is 5.91 Å². The lowest BCUT2D eigenvalue weighted by Crippen LogP contribution is -2.38. The minimum atomic E-state index is -1.34. The molecule has 0 fully saturated rings. The molecule has 0 radical (unpaired) electrons. The van der Waals surface area contributed by atoms with Gasteiger partial charge in [0.2, 0.25) is 0 Å². The van der Waals surface area contributed by atoms with E-state index in [9.17, 15) is 9.90 Å². The van der Waals surface area contributed by atoms with E-state index in [-0.39, 0.29) is 18.0 Å². The number of hydrogen-bond donors (Lipinski definition) is 2. The topological polar surface area (TPSA) is 88.5 Å². The summed E-state index contributed by atoms with van der Waals surface area (Å²) in [5.74, 6) is 0.149. The minimum absolute atomic E-state index is 0.0475. The van der Waals surface area contributed by atoms with Crippen molar-refractivity contribution in [2.24, 2.45) is 0 Å². The SMILES string of the molecule is CC(O)(CNC(=O)c1ncoc1-c1ccccc1Cl)c1ccco1. The standard InChI is InChI=1S/C17H15ClN2O4/c1-17(22,13-7-4-8-23-13)9-19-16(21)14-15(24-10-20-14)11-5-2-3-6-12(11)18/h2-8,10,22H,9H2,1H3,(H,19,21). The van der Waals surface area contributed by atoms with Crippen LogP contribution in [0, 0.1) is 0 Å². The van der Waals surface area contributed by atoms with Gasteiger partial charge in [-0.3, -0.25) is 4.79 Å². The molecule has 124 valence electrons. The molecular formula is C17H15ClN2O4. The maximum absolute atomic E-state index is 12.4. The monoisotopic (exact) mass is 346 g/mol. The van der Waals surface area contributed by atoms with Crippen molar-refractivity contribution in [3.63, 3.8) is 0 Å². The van der Waals surface area contributed by atoms with Crippen LogP contribution in [0.2, 0.25) is 5.02 Å². The van der Waals surface area contributed by atoms with Crippen LogP contribution in [0.1, 0.15) is 23.2 Å². The average Bonchev–Trinajstić information content (AvgIpc) is 3.24. The van der Waals surface area contributed by atoms with Crippen LogP contribution in [0.25, 0.3) is 11.3 Å². The number of aromatic nitrogens is 1. The highest BCUT2D eigenvalue weighted by molar-refractivity contribution is 6.33. The summed E-state index contributed by atoms with van der Waals surface area (Å²) in [7, 11) is 0. The van der Waals surface area contributed by atoms with Gasteiger partial charge in [0.15, 0.2) is 17.8 Å². The number of oxazole rings is 1. The number of rotatable bonds is 5. The van der Waals surface area contributed by atoms with Crippen molar-refractivity contribution >= 4 is 17.5 Å². The second-order valence-corrected chi connectivity index (χ2v) is 5.85. The lowest BCUT2D eigenvalue weighted by molar-refractivity contribution is 0.0329. The van der Waals surface area contributed by atoms with E-state index in [1.807, 2.05) is 0 Å². The Balaban J connectivity index is 1.78. The zero-order valence-corrected chi connectivity index (χ0v) is 13.6. The van der Waals surface area contributed by atoms with Gasteiger partial charge in [0.05, 0.1) is 17.8 Å². The van der Waals surface area contributed by atoms with Gasteiger partial charge in [-0.15, -0.1) is 0 Å². The molecule has 0 aliphatic rings. The van der Waals surface area contributed by atoms with Crippen LogP contribution in [-0.4, -0.2) is 22.5 Å². The van der Waals surface area contributed by atoms with Crippen LogP contribution in [-0.2, 0) is 5.60 Å². The molecule has 1 amide bonds. The molecule has 0 spiro atoms. The Morgan fingerprint density at radius 3 is 2.79 bits per heavy atom. The van der Waals surface area contributed by atoms with Crippen LogP contribution in [0.5, 0.6) is 0 Å². The predicted molar refractivity (Wildman–Crippen MR) is 87.6 cm³/mol. The first-order valence-corrected chi connectivity index (χ1v) is 7.60. The fraction of sp³-hybridized carbons (Fsp3) is 0.176. The molecule has 6 nitrogen and oxygen atoms in total. The number of aliphatic hydroxyl groups is 1. The largest absolute Gasteiger partial charge is 0.466 e. The van der Waals surface area contributed by atoms with E-state index in [1.54, 1.807) is 43.3 Å². The van der Waals surface area contributed by atoms with Gasteiger partial charge >= 0.3 is 0 Å². The summed E-state index contributed by atoms with van der Waals surface area (Å²) in [6.45, 7) is 1.50. The van der Waals surface area contributed by atoms with E-state index in [0.29, 0.717) is 16.3 Å². The molecule has 2 heterocycles. The molecular weight excluding hydrogens is 332 g/mol. The van der Waals surface area contributed by atoms with Gasteiger partial charge in [-0.05, 0) is 31.2 Å². The number of carbonyl (C=O) groups is 1. The molecule has 0 aliphatic heterocycles. The van der Waals surface area contributed by atoms with Crippen molar-refractivity contribution in [2.45, 2.75) is 12.5 Å². The Labute approximate surface area is 143 Å². The zero-order valence-electron chi connectivity index (χ0n) is 12.8. The molecule has 0 aliphatic carbocycles. The zero-order chi connectivity index (χ0) is 17.2. The first-order chi connectivity index (χ1) is 11.5. The Bertz CT molecular complexity index is 840. The summed E-state index contributed by atoms with van der Waals surface area (Å²) in [6.07, 6.45) is 2.64. The van der Waals surface area contributed by atoms with Crippen molar-refractivity contribution in [1.82, 2.24) is 10.3 Å². The Morgan fingerprint density at radius 1 is 1.29 bits per heavy atom. The molecule has 1 unspecified atom stereocenters. The minimum Gasteiger partial charge on any atom is -0.466 e. The smallest absolute Gasteiger partial charge is 0.274 e. The van der Waals surface area contributed by atoms with Crippen molar-refractivity contribution in [3.05, 3.63) is 65.5 Å². The molecule has 1 atom stereocenters. The fourth-order valence-electron chi connectivity index (χ4n) is 2.25. The van der Waals surface area contributed by atoms with Crippen molar-refractivity contribution in [2.75, 3.05) is 6.54 Å². The van der Waals surface area contributed by atoms with E-state index < -0.39 is 11.5 Å². The van der Waals surface area contributed by atoms with Gasteiger partial charge < -0.3 is 19.3 Å². The molecule has 2 N–H and O–H groups in total. The summed E-state index contributed by atoms with van der Waals surface area (Å²) in [4.78, 5) is 16.4. The van der Waals surface area contributed by atoms with Gasteiger partial charge in [-0.25, -0.2) is 4.98 Å². The third kappa shape index (κ3) is 3.20. The van der Waals surface area contributed by atoms with Gasteiger partial charge in [0, 0.05) is 5.56 Å². The van der Waals surface area contributed by atoms with E-state index in [4.69, 9.17) is 20.4 Å². The van der Waals surface area contributed by atoms with Crippen LogP contribution in [0.3, 0.4) is 0 Å². The lowest BCUT2D eigenvalue weighted by atomic mass is 10.0. The number of nitrogens with one attached hydrogen (secondary N) is 1. The van der Waals surface area contributed by atoms with Gasteiger partial charge in [0.1, 0.15) is 11.4 Å². The molecule has 2 aromatic heterocycles. The summed E-state index contributed by atoms with van der Waals surface area (Å²) in [5.41, 5.74) is -0.675. The second-order valence-electron chi connectivity index (χ2n) is 5.44. The fourth-order valence-corrected chi connectivity index (χ4v) is 2.47. The molecule has 7 heteroatoms. The Hall–Kier alpha value is -2.57. The normalized spacial score (nSPS) is 13.5. The van der Waals surface area contributed by atoms with Gasteiger partial charge in [-0.2, -0.15) is 0 Å². The number of amides is 1. The number of furan rings is 1. The Morgan fingerprint density at radius 2 is 2.08 bits per heavy atom. The molecule has 0 saturated heterocycles.